The van der Waals surface area contributed by atoms with Crippen LogP contribution in [0.15, 0.2) is 39.7 Å². The monoisotopic (exact) mass is 534 g/mol. The highest BCUT2D eigenvalue weighted by Crippen LogP contribution is 2.32. The first kappa shape index (κ1) is 29.7. The van der Waals surface area contributed by atoms with E-state index in [-0.39, 0.29) is 53.1 Å². The minimum Gasteiger partial charge on any atom is -0.490 e. The summed E-state index contributed by atoms with van der Waals surface area (Å²) in [6.45, 7) is 13.0. The van der Waals surface area contributed by atoms with E-state index in [0.717, 1.165) is 6.26 Å². The summed E-state index contributed by atoms with van der Waals surface area (Å²) < 4.78 is 42.6. The van der Waals surface area contributed by atoms with Gasteiger partial charge in [0.1, 0.15) is 22.9 Å². The van der Waals surface area contributed by atoms with Crippen LogP contribution in [0, 0.1) is 13.8 Å². The molecule has 202 valence electrons. The highest BCUT2D eigenvalue weighted by Gasteiger charge is 2.27. The van der Waals surface area contributed by atoms with Gasteiger partial charge in [-0.15, -0.1) is 0 Å². The number of nitrogens with zero attached hydrogens (tertiary/aromatic N) is 4. The van der Waals surface area contributed by atoms with Crippen molar-refractivity contribution < 1.29 is 32.2 Å². The highest BCUT2D eigenvalue weighted by molar-refractivity contribution is 7.90. The van der Waals surface area contributed by atoms with Gasteiger partial charge in [-0.05, 0) is 52.8 Å². The van der Waals surface area contributed by atoms with Gasteiger partial charge < -0.3 is 14.2 Å². The average Bonchev–Trinajstić information content (AvgIpc) is 3.24. The second-order valence-corrected chi connectivity index (χ2v) is 10.2. The van der Waals surface area contributed by atoms with Crippen LogP contribution in [0.25, 0.3) is 0 Å². The largest absolute Gasteiger partial charge is 0.490 e. The van der Waals surface area contributed by atoms with Crippen molar-refractivity contribution in [3.05, 3.63) is 52.2 Å². The van der Waals surface area contributed by atoms with E-state index >= 15 is 0 Å². The highest BCUT2D eigenvalue weighted by atomic mass is 32.2. The minimum atomic E-state index is -3.64. The Kier molecular flexibility index (Phi) is 10.2. The van der Waals surface area contributed by atoms with Gasteiger partial charge in [-0.3, -0.25) is 9.48 Å². The molecule has 0 amide bonds. The molecule has 0 radical (unpaired) electrons. The van der Waals surface area contributed by atoms with Crippen molar-refractivity contribution in [2.24, 2.45) is 5.10 Å². The number of carbonyl (C=O) groups excluding carboxylic acids is 2. The molecule has 0 unspecified atom stereocenters. The van der Waals surface area contributed by atoms with Crippen molar-refractivity contribution in [2.75, 3.05) is 33.1 Å². The molecule has 12 heteroatoms. The number of hydrogen-bond acceptors (Lipinski definition) is 10. The van der Waals surface area contributed by atoms with Gasteiger partial charge in [-0.2, -0.15) is 10.2 Å². The fourth-order valence-corrected chi connectivity index (χ4v) is 4.50. The van der Waals surface area contributed by atoms with Gasteiger partial charge in [-0.25, -0.2) is 18.2 Å². The molecule has 0 saturated carbocycles. The lowest BCUT2D eigenvalue weighted by atomic mass is 9.99. The van der Waals surface area contributed by atoms with Gasteiger partial charge in [0, 0.05) is 44.3 Å². The molecule has 11 nitrogen and oxygen atoms in total. The number of hydrogen-bond donors (Lipinski definition) is 0. The number of ketones is 1. The zero-order chi connectivity index (χ0) is 27.9. The first-order chi connectivity index (χ1) is 17.4. The van der Waals surface area contributed by atoms with Gasteiger partial charge in [0.2, 0.25) is 5.88 Å². The van der Waals surface area contributed by atoms with Crippen LogP contribution in [0.4, 0.5) is 0 Å². The Morgan fingerprint density at radius 1 is 1.19 bits per heavy atom. The van der Waals surface area contributed by atoms with Crippen LogP contribution in [0.3, 0.4) is 0 Å². The fourth-order valence-electron chi connectivity index (χ4n) is 3.63. The van der Waals surface area contributed by atoms with Crippen molar-refractivity contribution >= 4 is 28.3 Å². The lowest BCUT2D eigenvalue weighted by molar-refractivity contribution is 0.0481. The third kappa shape index (κ3) is 6.83. The number of rotatable bonds is 13. The van der Waals surface area contributed by atoms with Gasteiger partial charge in [0.15, 0.2) is 15.6 Å². The summed E-state index contributed by atoms with van der Waals surface area (Å²) in [5, 5.41) is 9.44. The molecule has 0 aliphatic heterocycles. The van der Waals surface area contributed by atoms with E-state index in [1.54, 1.807) is 26.8 Å². The van der Waals surface area contributed by atoms with E-state index in [0.29, 0.717) is 17.8 Å². The van der Waals surface area contributed by atoms with E-state index in [9.17, 15) is 18.0 Å². The number of allylic oxidation sites excluding steroid dienone is 1. The normalized spacial score (nSPS) is 12.1. The molecule has 0 fully saturated rings. The Morgan fingerprint density at radius 2 is 1.86 bits per heavy atom. The van der Waals surface area contributed by atoms with Gasteiger partial charge in [-0.1, -0.05) is 0 Å². The van der Waals surface area contributed by atoms with Gasteiger partial charge >= 0.3 is 5.97 Å². The van der Waals surface area contributed by atoms with Crippen LogP contribution in [-0.2, 0) is 25.9 Å². The lowest BCUT2D eigenvalue weighted by Gasteiger charge is -2.22. The number of methoxy groups -OCH3 is 1. The van der Waals surface area contributed by atoms with Crippen LogP contribution in [0.1, 0.15) is 52.9 Å². The zero-order valence-electron chi connectivity index (χ0n) is 22.3. The van der Waals surface area contributed by atoms with Crippen molar-refractivity contribution in [1.82, 2.24) is 14.8 Å². The molecule has 37 heavy (non-hydrogen) atoms. The Hall–Kier alpha value is -3.51. The maximum Gasteiger partial charge on any atom is 0.363 e. The standard InChI is InChI=1S/C25H34N4O7S/c1-9-28-20(15-16(3)27-28)25(31)36-24(29(10-2)26-6)18(5)22(30)19-11-12-21(37(8,32)33)23(17(19)4)35-14-13-34-7/h11-12,15H,6,9-10,13-14H2,1-5,7-8H3/b24-18-. The number of aromatic nitrogens is 2. The number of esters is 1. The molecular weight excluding hydrogens is 500 g/mol. The van der Waals surface area contributed by atoms with E-state index in [2.05, 4.69) is 16.9 Å². The summed E-state index contributed by atoms with van der Waals surface area (Å²) >= 11 is 0. The fraction of sp³-hybridized carbons (Fsp3) is 0.440. The summed E-state index contributed by atoms with van der Waals surface area (Å²) in [7, 11) is -2.15. The average molecular weight is 535 g/mol. The van der Waals surface area contributed by atoms with Crippen LogP contribution < -0.4 is 4.74 Å². The summed E-state index contributed by atoms with van der Waals surface area (Å²) in [6, 6.07) is 4.33. The lowest BCUT2D eigenvalue weighted by Crippen LogP contribution is -2.25. The first-order valence-electron chi connectivity index (χ1n) is 11.6. The molecule has 0 bridgehead atoms. The number of Topliss-reactive ketones (excluding diaryl/α,β-unsaturated/α-hetero) is 1. The predicted molar refractivity (Wildman–Crippen MR) is 139 cm³/mol. The summed E-state index contributed by atoms with van der Waals surface area (Å²) in [6.07, 6.45) is 1.06. The smallest absolute Gasteiger partial charge is 0.363 e. The van der Waals surface area contributed by atoms with E-state index in [1.165, 1.54) is 35.9 Å². The number of sulfone groups is 1. The van der Waals surface area contributed by atoms with Gasteiger partial charge in [0.05, 0.1) is 17.9 Å². The first-order valence-corrected chi connectivity index (χ1v) is 13.5. The molecule has 1 aromatic carbocycles. The van der Waals surface area contributed by atoms with Gasteiger partial charge in [0.25, 0.3) is 0 Å². The van der Waals surface area contributed by atoms with E-state index in [4.69, 9.17) is 14.2 Å². The number of hydrazone groups is 1. The molecule has 2 aromatic rings. The molecule has 0 aliphatic carbocycles. The summed E-state index contributed by atoms with van der Waals surface area (Å²) in [4.78, 5) is 26.7. The number of ether oxygens (including phenoxy) is 3. The topological polar surface area (TPSA) is 129 Å². The van der Waals surface area contributed by atoms with Crippen molar-refractivity contribution in [3.8, 4) is 5.75 Å². The minimum absolute atomic E-state index is 0.0444. The van der Waals surface area contributed by atoms with Crippen molar-refractivity contribution in [2.45, 2.75) is 46.1 Å². The van der Waals surface area contributed by atoms with E-state index < -0.39 is 21.6 Å². The van der Waals surface area contributed by atoms with Crippen LogP contribution in [0.5, 0.6) is 5.75 Å². The Labute approximate surface area is 217 Å². The summed E-state index contributed by atoms with van der Waals surface area (Å²) in [5.41, 5.74) is 1.44. The zero-order valence-corrected chi connectivity index (χ0v) is 23.1. The quantitative estimate of drug-likeness (QED) is 0.0723. The third-order valence-electron chi connectivity index (χ3n) is 5.51. The van der Waals surface area contributed by atoms with Crippen molar-refractivity contribution in [3.63, 3.8) is 0 Å². The second-order valence-electron chi connectivity index (χ2n) is 8.17. The molecule has 1 heterocycles. The maximum atomic E-state index is 13.6. The number of aryl methyl sites for hydroxylation is 2. The molecular formula is C25H34N4O7S. The Morgan fingerprint density at radius 3 is 2.41 bits per heavy atom. The molecule has 0 atom stereocenters. The molecule has 1 aromatic heterocycles. The molecule has 0 aliphatic rings. The van der Waals surface area contributed by atoms with Crippen LogP contribution in [0.2, 0.25) is 0 Å². The molecule has 0 N–H and O–H groups in total. The SMILES string of the molecule is C=NN(CC)/C(OC(=O)c1cc(C)nn1CC)=C(\C)C(=O)c1ccc(S(C)(=O)=O)c(OCCOC)c1C. The number of benzene rings is 1. The van der Waals surface area contributed by atoms with E-state index in [1.807, 2.05) is 6.92 Å². The Balaban J connectivity index is 2.61. The van der Waals surface area contributed by atoms with Crippen LogP contribution in [-0.4, -0.2) is 74.8 Å². The molecule has 0 spiro atoms. The van der Waals surface area contributed by atoms with Crippen LogP contribution >= 0.6 is 0 Å². The molecule has 0 saturated heterocycles. The summed E-state index contributed by atoms with van der Waals surface area (Å²) in [5.74, 6) is -1.24. The third-order valence-corrected chi connectivity index (χ3v) is 6.63. The predicted octanol–water partition coefficient (Wildman–Crippen LogP) is 3.16. The second kappa shape index (κ2) is 12.6. The maximum absolute atomic E-state index is 13.6. The molecule has 2 rings (SSSR count). The Bertz CT molecular complexity index is 1310. The number of carbonyl (C=O) groups is 2. The van der Waals surface area contributed by atoms with Crippen molar-refractivity contribution in [1.29, 1.82) is 0 Å².